The van der Waals surface area contributed by atoms with Crippen LogP contribution >= 0.6 is 0 Å². The Hall–Kier alpha value is -8.72. The smallest absolute Gasteiger partial charge is 0.0723 e. The van der Waals surface area contributed by atoms with Crippen molar-refractivity contribution in [3.05, 3.63) is 282 Å². The summed E-state index contributed by atoms with van der Waals surface area (Å²) in [5, 5.41) is 2.50. The number of nitrogens with zero attached hydrogens (tertiary/aromatic N) is 2. The first kappa shape index (κ1) is 42.2. The standard InChI is InChI=1S/C70H52N2/c1-45-28-40-57-56-20-9-12-23-62(56)70(65(57)42-45)63-24-13-10-22-59(63)69-64(70)25-15-27-68(69)71(53-36-31-48(32-37-53)50-30-29-47(3)60(43-50)55-19-8-7-16-46(55)2)54-38-33-49(34-39-54)51-35-41-67-61(44-51)58-21-11-14-26-66(58)72(67)52-17-5-4-6-18-52/h4-27,29-45H,28H2,1-3H3. The van der Waals surface area contributed by atoms with Crippen LogP contribution < -0.4 is 4.90 Å². The summed E-state index contributed by atoms with van der Waals surface area (Å²) in [6, 6.07) is 86.0. The monoisotopic (exact) mass is 920 g/mol. The lowest BCUT2D eigenvalue weighted by Crippen LogP contribution is -2.27. The molecule has 14 rings (SSSR count). The Morgan fingerprint density at radius 3 is 1.76 bits per heavy atom. The summed E-state index contributed by atoms with van der Waals surface area (Å²) in [5.41, 5.74) is 27.3. The highest BCUT2D eigenvalue weighted by molar-refractivity contribution is 6.11. The number of para-hydroxylation sites is 2. The second-order valence-electron chi connectivity index (χ2n) is 20.1. The Bertz CT molecular complexity index is 4030. The van der Waals surface area contributed by atoms with Gasteiger partial charge in [-0.25, -0.2) is 0 Å². The van der Waals surface area contributed by atoms with E-state index >= 15 is 0 Å². The number of benzene rings is 10. The molecule has 0 bridgehead atoms. The first-order valence-electron chi connectivity index (χ1n) is 25.5. The highest BCUT2D eigenvalue weighted by atomic mass is 15.1. The Morgan fingerprint density at radius 1 is 0.444 bits per heavy atom. The summed E-state index contributed by atoms with van der Waals surface area (Å²) in [6.45, 7) is 6.79. The van der Waals surface area contributed by atoms with Crippen LogP contribution in [0, 0.1) is 19.8 Å². The van der Waals surface area contributed by atoms with Crippen molar-refractivity contribution in [3.8, 4) is 50.2 Å². The maximum Gasteiger partial charge on any atom is 0.0723 e. The molecule has 3 aliphatic rings. The molecule has 1 heterocycles. The largest absolute Gasteiger partial charge is 0.310 e. The minimum absolute atomic E-state index is 0.416. The average molecular weight is 921 g/mol. The van der Waals surface area contributed by atoms with E-state index in [0.717, 1.165) is 17.8 Å². The molecule has 72 heavy (non-hydrogen) atoms. The number of allylic oxidation sites excluding steroid dienone is 4. The van der Waals surface area contributed by atoms with Crippen molar-refractivity contribution >= 4 is 44.4 Å². The van der Waals surface area contributed by atoms with Crippen molar-refractivity contribution in [2.75, 3.05) is 4.90 Å². The van der Waals surface area contributed by atoms with E-state index in [1.54, 1.807) is 0 Å². The molecule has 1 spiro atoms. The van der Waals surface area contributed by atoms with Crippen LogP contribution in [0.25, 0.3) is 77.6 Å². The summed E-state index contributed by atoms with van der Waals surface area (Å²) in [7, 11) is 0. The van der Waals surface area contributed by atoms with Gasteiger partial charge in [0.15, 0.2) is 0 Å². The predicted molar refractivity (Wildman–Crippen MR) is 303 cm³/mol. The van der Waals surface area contributed by atoms with Gasteiger partial charge in [0.25, 0.3) is 0 Å². The van der Waals surface area contributed by atoms with Gasteiger partial charge in [0.2, 0.25) is 0 Å². The molecule has 3 aliphatic carbocycles. The first-order chi connectivity index (χ1) is 35.5. The van der Waals surface area contributed by atoms with Crippen LogP contribution in [0.15, 0.2) is 248 Å². The zero-order valence-corrected chi connectivity index (χ0v) is 40.8. The first-order valence-corrected chi connectivity index (χ1v) is 25.5. The molecule has 0 radical (unpaired) electrons. The maximum absolute atomic E-state index is 2.58. The van der Waals surface area contributed by atoms with Gasteiger partial charge < -0.3 is 9.47 Å². The predicted octanol–water partition coefficient (Wildman–Crippen LogP) is 18.5. The summed E-state index contributed by atoms with van der Waals surface area (Å²) in [4.78, 5) is 2.50. The lowest BCUT2D eigenvalue weighted by atomic mass is 9.69. The summed E-state index contributed by atoms with van der Waals surface area (Å²) in [6.07, 6.45) is 6.14. The van der Waals surface area contributed by atoms with Crippen LogP contribution in [0.5, 0.6) is 0 Å². The molecule has 342 valence electrons. The van der Waals surface area contributed by atoms with Gasteiger partial charge in [0.05, 0.1) is 22.1 Å². The Morgan fingerprint density at radius 2 is 1.01 bits per heavy atom. The third kappa shape index (κ3) is 6.28. The molecule has 2 nitrogen and oxygen atoms in total. The molecule has 0 amide bonds. The van der Waals surface area contributed by atoms with E-state index in [4.69, 9.17) is 0 Å². The van der Waals surface area contributed by atoms with Gasteiger partial charge in [-0.15, -0.1) is 0 Å². The summed E-state index contributed by atoms with van der Waals surface area (Å²) < 4.78 is 2.38. The topological polar surface area (TPSA) is 8.17 Å². The molecule has 2 atom stereocenters. The third-order valence-electron chi connectivity index (χ3n) is 16.0. The van der Waals surface area contributed by atoms with Gasteiger partial charge in [-0.2, -0.15) is 0 Å². The van der Waals surface area contributed by atoms with Crippen LogP contribution in [0.2, 0.25) is 0 Å². The number of rotatable bonds is 7. The zero-order valence-electron chi connectivity index (χ0n) is 40.8. The fourth-order valence-corrected chi connectivity index (χ4v) is 12.7. The molecule has 0 fully saturated rings. The van der Waals surface area contributed by atoms with Crippen molar-refractivity contribution in [1.82, 2.24) is 4.57 Å². The van der Waals surface area contributed by atoms with E-state index in [0.29, 0.717) is 5.92 Å². The van der Waals surface area contributed by atoms with Crippen LogP contribution in [-0.2, 0) is 5.41 Å². The molecule has 2 heteroatoms. The van der Waals surface area contributed by atoms with Crippen molar-refractivity contribution in [2.24, 2.45) is 5.92 Å². The molecule has 1 aromatic heterocycles. The molecular formula is C70H52N2. The molecule has 11 aromatic rings. The fraction of sp³-hybridized carbons (Fsp3) is 0.0857. The SMILES string of the molecule is Cc1ccccc1-c1cc(-c2ccc(N(c3ccc(-c4ccc5c(c4)c4ccccc4n5-c4ccccc4)cc3)c3cccc4c3-c3ccccc3C43C4=CC(C)CC=C4c4ccccc43)cc2)ccc1C. The molecule has 0 saturated carbocycles. The Balaban J connectivity index is 0.936. The van der Waals surface area contributed by atoms with Gasteiger partial charge >= 0.3 is 0 Å². The summed E-state index contributed by atoms with van der Waals surface area (Å²) >= 11 is 0. The molecule has 0 saturated heterocycles. The lowest BCUT2D eigenvalue weighted by Gasteiger charge is -2.33. The van der Waals surface area contributed by atoms with Gasteiger partial charge in [-0.1, -0.05) is 183 Å². The number of hydrogen-bond donors (Lipinski definition) is 0. The maximum atomic E-state index is 2.58. The molecule has 0 N–H and O–H groups in total. The average Bonchev–Trinajstić information content (AvgIpc) is 4.04. The zero-order chi connectivity index (χ0) is 48.1. The second-order valence-corrected chi connectivity index (χ2v) is 20.1. The lowest BCUT2D eigenvalue weighted by molar-refractivity contribution is 0.701. The Kier molecular flexibility index (Phi) is 9.63. The van der Waals surface area contributed by atoms with E-state index in [1.165, 1.54) is 122 Å². The van der Waals surface area contributed by atoms with Crippen molar-refractivity contribution < 1.29 is 0 Å². The normalized spacial score (nSPS) is 16.3. The molecule has 2 unspecified atom stereocenters. The highest BCUT2D eigenvalue weighted by Crippen LogP contribution is 2.66. The minimum atomic E-state index is -0.416. The Labute approximate surface area is 422 Å². The minimum Gasteiger partial charge on any atom is -0.310 e. The molecule has 10 aromatic carbocycles. The molecule has 0 aliphatic heterocycles. The van der Waals surface area contributed by atoms with E-state index in [-0.39, 0.29) is 0 Å². The van der Waals surface area contributed by atoms with Gasteiger partial charge in [-0.05, 0) is 176 Å². The highest BCUT2D eigenvalue weighted by Gasteiger charge is 2.54. The van der Waals surface area contributed by atoms with Crippen molar-refractivity contribution in [2.45, 2.75) is 32.6 Å². The number of aryl methyl sites for hydroxylation is 2. The number of fused-ring (bicyclic) bond motifs is 13. The van der Waals surface area contributed by atoms with Gasteiger partial charge in [0.1, 0.15) is 0 Å². The van der Waals surface area contributed by atoms with Gasteiger partial charge in [-0.3, -0.25) is 0 Å². The van der Waals surface area contributed by atoms with Crippen LogP contribution in [0.3, 0.4) is 0 Å². The number of hydrogen-bond acceptors (Lipinski definition) is 1. The fourth-order valence-electron chi connectivity index (χ4n) is 12.7. The quantitative estimate of drug-likeness (QED) is 0.155. The van der Waals surface area contributed by atoms with E-state index in [9.17, 15) is 0 Å². The van der Waals surface area contributed by atoms with E-state index < -0.39 is 5.41 Å². The number of anilines is 3. The molecular weight excluding hydrogens is 869 g/mol. The summed E-state index contributed by atoms with van der Waals surface area (Å²) in [5.74, 6) is 0.451. The van der Waals surface area contributed by atoms with Crippen molar-refractivity contribution in [3.63, 3.8) is 0 Å². The van der Waals surface area contributed by atoms with Crippen LogP contribution in [0.1, 0.15) is 46.7 Å². The van der Waals surface area contributed by atoms with E-state index in [1.807, 2.05) is 0 Å². The third-order valence-corrected chi connectivity index (χ3v) is 16.0. The second kappa shape index (κ2) is 16.4. The van der Waals surface area contributed by atoms with E-state index in [2.05, 4.69) is 273 Å². The van der Waals surface area contributed by atoms with Crippen LogP contribution in [-0.4, -0.2) is 4.57 Å². The van der Waals surface area contributed by atoms with Crippen molar-refractivity contribution in [1.29, 1.82) is 0 Å². The van der Waals surface area contributed by atoms with Gasteiger partial charge in [0, 0.05) is 33.4 Å². The van der Waals surface area contributed by atoms with Crippen LogP contribution in [0.4, 0.5) is 17.1 Å². The number of aromatic nitrogens is 1.